The van der Waals surface area contributed by atoms with Crippen molar-refractivity contribution < 1.29 is 17.9 Å². The molecule has 2 aromatic rings. The minimum Gasteiger partial charge on any atom is -0.450 e. The van der Waals surface area contributed by atoms with Gasteiger partial charge in [-0.05, 0) is 58.9 Å². The molecular weight excluding hydrogens is 335 g/mol. The summed E-state index contributed by atoms with van der Waals surface area (Å²) in [5, 5.41) is 2.80. The summed E-state index contributed by atoms with van der Waals surface area (Å²) in [6, 6.07) is 5.96. The van der Waals surface area contributed by atoms with E-state index in [1.165, 1.54) is 18.2 Å². The summed E-state index contributed by atoms with van der Waals surface area (Å²) in [5.74, 6) is -2.49. The van der Waals surface area contributed by atoms with E-state index in [1.54, 1.807) is 7.05 Å². The quantitative estimate of drug-likeness (QED) is 0.887. The number of benzene rings is 2. The van der Waals surface area contributed by atoms with Gasteiger partial charge in [0.05, 0.1) is 4.47 Å². The Morgan fingerprint density at radius 2 is 1.75 bits per heavy atom. The molecule has 6 heteroatoms. The minimum atomic E-state index is -0.813. The van der Waals surface area contributed by atoms with Gasteiger partial charge in [0.25, 0.3) is 0 Å². The van der Waals surface area contributed by atoms with Crippen molar-refractivity contribution in [1.29, 1.82) is 0 Å². The molecule has 0 aliphatic heterocycles. The molecule has 2 rings (SSSR count). The van der Waals surface area contributed by atoms with Crippen molar-refractivity contribution in [1.82, 2.24) is 5.32 Å². The Balaban J connectivity index is 2.33. The molecule has 2 nitrogen and oxygen atoms in total. The van der Waals surface area contributed by atoms with Gasteiger partial charge in [0.2, 0.25) is 0 Å². The van der Waals surface area contributed by atoms with Crippen LogP contribution in [0.1, 0.15) is 5.56 Å². The van der Waals surface area contributed by atoms with Crippen LogP contribution >= 0.6 is 15.9 Å². The van der Waals surface area contributed by atoms with Crippen molar-refractivity contribution in [3.05, 3.63) is 57.8 Å². The maximum absolute atomic E-state index is 13.8. The highest BCUT2D eigenvalue weighted by molar-refractivity contribution is 9.10. The number of halogens is 4. The van der Waals surface area contributed by atoms with Crippen LogP contribution in [0.25, 0.3) is 0 Å². The topological polar surface area (TPSA) is 21.3 Å². The van der Waals surface area contributed by atoms with Crippen molar-refractivity contribution in [2.24, 2.45) is 0 Å². The van der Waals surface area contributed by atoms with Crippen molar-refractivity contribution in [2.45, 2.75) is 6.54 Å². The van der Waals surface area contributed by atoms with Crippen LogP contribution in [0.4, 0.5) is 13.2 Å². The first-order chi connectivity index (χ1) is 9.51. The average Bonchev–Trinajstić information content (AvgIpc) is 2.36. The number of ether oxygens (including phenoxy) is 1. The SMILES string of the molecule is CNCc1cc(F)c(Oc2ccc(F)cc2Br)c(F)c1. The normalized spacial score (nSPS) is 10.7. The molecule has 0 saturated carbocycles. The molecule has 0 aromatic heterocycles. The van der Waals surface area contributed by atoms with Gasteiger partial charge in [-0.1, -0.05) is 0 Å². The lowest BCUT2D eigenvalue weighted by atomic mass is 10.2. The molecule has 0 spiro atoms. The van der Waals surface area contributed by atoms with Crippen molar-refractivity contribution in [3.63, 3.8) is 0 Å². The van der Waals surface area contributed by atoms with Crippen LogP contribution in [0.3, 0.4) is 0 Å². The van der Waals surface area contributed by atoms with Gasteiger partial charge in [0.1, 0.15) is 11.6 Å². The third kappa shape index (κ3) is 3.32. The predicted molar refractivity (Wildman–Crippen MR) is 73.3 cm³/mol. The zero-order chi connectivity index (χ0) is 14.7. The lowest BCUT2D eigenvalue weighted by Crippen LogP contribution is -2.06. The standard InChI is InChI=1S/C14H11BrF3NO/c1-19-7-8-4-11(17)14(12(18)5-8)20-13-3-2-9(16)6-10(13)15/h2-6,19H,7H2,1H3. The van der Waals surface area contributed by atoms with Crippen molar-refractivity contribution in [3.8, 4) is 11.5 Å². The second-order valence-corrected chi connectivity index (χ2v) is 4.95. The molecule has 0 bridgehead atoms. The first kappa shape index (κ1) is 14.9. The smallest absolute Gasteiger partial charge is 0.198 e. The molecule has 0 radical (unpaired) electrons. The van der Waals surface area contributed by atoms with E-state index >= 15 is 0 Å². The van der Waals surface area contributed by atoms with Crippen LogP contribution in [0, 0.1) is 17.5 Å². The molecule has 0 aliphatic carbocycles. The van der Waals surface area contributed by atoms with E-state index in [9.17, 15) is 13.2 Å². The summed E-state index contributed by atoms with van der Waals surface area (Å²) in [6.07, 6.45) is 0. The molecule has 20 heavy (non-hydrogen) atoms. The van der Waals surface area contributed by atoms with Gasteiger partial charge in [-0.15, -0.1) is 0 Å². The number of rotatable bonds is 4. The molecule has 0 saturated heterocycles. The minimum absolute atomic E-state index is 0.130. The number of hydrogen-bond donors (Lipinski definition) is 1. The Bertz CT molecular complexity index is 611. The van der Waals surface area contributed by atoms with Gasteiger partial charge in [-0.2, -0.15) is 0 Å². The Labute approximate surface area is 122 Å². The molecule has 0 heterocycles. The van der Waals surface area contributed by atoms with Crippen LogP contribution in [0.15, 0.2) is 34.8 Å². The molecule has 0 unspecified atom stereocenters. The zero-order valence-electron chi connectivity index (χ0n) is 10.5. The number of hydrogen-bond acceptors (Lipinski definition) is 2. The summed E-state index contributed by atoms with van der Waals surface area (Å²) in [6.45, 7) is 0.342. The molecule has 0 fully saturated rings. The van der Waals surface area contributed by atoms with Gasteiger partial charge >= 0.3 is 0 Å². The van der Waals surface area contributed by atoms with E-state index in [4.69, 9.17) is 4.74 Å². The van der Waals surface area contributed by atoms with Crippen LogP contribution in [0.2, 0.25) is 0 Å². The molecule has 1 N–H and O–H groups in total. The van der Waals surface area contributed by atoms with Crippen LogP contribution in [0.5, 0.6) is 11.5 Å². The summed E-state index contributed by atoms with van der Waals surface area (Å²) in [7, 11) is 1.68. The van der Waals surface area contributed by atoms with Crippen molar-refractivity contribution in [2.75, 3.05) is 7.05 Å². The summed E-state index contributed by atoms with van der Waals surface area (Å²) < 4.78 is 46.1. The fourth-order valence-corrected chi connectivity index (χ4v) is 2.12. The summed E-state index contributed by atoms with van der Waals surface area (Å²) in [5.41, 5.74) is 0.466. The molecular formula is C14H11BrF3NO. The molecule has 0 atom stereocenters. The predicted octanol–water partition coefficient (Wildman–Crippen LogP) is 4.38. The second-order valence-electron chi connectivity index (χ2n) is 4.10. The highest BCUT2D eigenvalue weighted by Crippen LogP contribution is 2.33. The molecule has 0 aliphatic rings. The van der Waals surface area contributed by atoms with Crippen LogP contribution in [-0.2, 0) is 6.54 Å². The van der Waals surface area contributed by atoms with E-state index in [0.29, 0.717) is 12.1 Å². The van der Waals surface area contributed by atoms with E-state index in [1.807, 2.05) is 0 Å². The van der Waals surface area contributed by atoms with Gasteiger partial charge in [-0.25, -0.2) is 13.2 Å². The Hall–Kier alpha value is -1.53. The van der Waals surface area contributed by atoms with Crippen molar-refractivity contribution >= 4 is 15.9 Å². The van der Waals surface area contributed by atoms with E-state index in [0.717, 1.165) is 12.1 Å². The monoisotopic (exact) mass is 345 g/mol. The summed E-state index contributed by atoms with van der Waals surface area (Å²) >= 11 is 3.07. The van der Waals surface area contributed by atoms with Gasteiger partial charge in [-0.3, -0.25) is 0 Å². The Morgan fingerprint density at radius 3 is 2.30 bits per heavy atom. The molecule has 0 amide bonds. The number of nitrogens with one attached hydrogen (secondary N) is 1. The van der Waals surface area contributed by atoms with E-state index in [-0.39, 0.29) is 10.2 Å². The van der Waals surface area contributed by atoms with Crippen LogP contribution in [-0.4, -0.2) is 7.05 Å². The summed E-state index contributed by atoms with van der Waals surface area (Å²) in [4.78, 5) is 0. The molecule has 2 aromatic carbocycles. The Kier molecular flexibility index (Phi) is 4.67. The average molecular weight is 346 g/mol. The van der Waals surface area contributed by atoms with Crippen LogP contribution < -0.4 is 10.1 Å². The third-order valence-electron chi connectivity index (χ3n) is 2.54. The van der Waals surface area contributed by atoms with Gasteiger partial charge in [0.15, 0.2) is 17.4 Å². The zero-order valence-corrected chi connectivity index (χ0v) is 12.1. The van der Waals surface area contributed by atoms with Gasteiger partial charge in [0, 0.05) is 6.54 Å². The lowest BCUT2D eigenvalue weighted by Gasteiger charge is -2.11. The van der Waals surface area contributed by atoms with E-state index < -0.39 is 23.2 Å². The third-order valence-corrected chi connectivity index (χ3v) is 3.16. The Morgan fingerprint density at radius 1 is 1.10 bits per heavy atom. The first-order valence-electron chi connectivity index (χ1n) is 5.76. The van der Waals surface area contributed by atoms with Gasteiger partial charge < -0.3 is 10.1 Å². The maximum atomic E-state index is 13.8. The largest absolute Gasteiger partial charge is 0.450 e. The highest BCUT2D eigenvalue weighted by Gasteiger charge is 2.15. The maximum Gasteiger partial charge on any atom is 0.198 e. The lowest BCUT2D eigenvalue weighted by molar-refractivity contribution is 0.403. The highest BCUT2D eigenvalue weighted by atomic mass is 79.9. The molecule has 106 valence electrons. The second kappa shape index (κ2) is 6.28. The van der Waals surface area contributed by atoms with E-state index in [2.05, 4.69) is 21.2 Å². The first-order valence-corrected chi connectivity index (χ1v) is 6.56. The fraction of sp³-hybridized carbons (Fsp3) is 0.143. The fourth-order valence-electron chi connectivity index (χ4n) is 1.68.